The zero-order valence-corrected chi connectivity index (χ0v) is 18.3. The molecule has 0 fully saturated rings. The van der Waals surface area contributed by atoms with Crippen molar-refractivity contribution in [3.8, 4) is 0 Å². The number of aryl methyl sites for hydroxylation is 1. The maximum atomic E-state index is 13.2. The minimum absolute atomic E-state index is 0.0186. The second-order valence-electron chi connectivity index (χ2n) is 7.38. The average Bonchev–Trinajstić information content (AvgIpc) is 2.73. The summed E-state index contributed by atoms with van der Waals surface area (Å²) in [6.07, 6.45) is 2.43. The van der Waals surface area contributed by atoms with Gasteiger partial charge in [0, 0.05) is 24.0 Å². The van der Waals surface area contributed by atoms with Gasteiger partial charge < -0.3 is 10.2 Å². The van der Waals surface area contributed by atoms with Gasteiger partial charge in [-0.1, -0.05) is 67.9 Å². The molecular formula is C24H31ClN2O2. The Balaban J connectivity index is 2.19. The summed E-state index contributed by atoms with van der Waals surface area (Å²) >= 11 is 6.00. The number of benzene rings is 2. The molecular weight excluding hydrogens is 384 g/mol. The van der Waals surface area contributed by atoms with Crippen molar-refractivity contribution in [1.82, 2.24) is 10.2 Å². The fourth-order valence-corrected chi connectivity index (χ4v) is 3.31. The number of hydrogen-bond donors (Lipinski definition) is 1. The lowest BCUT2D eigenvalue weighted by Crippen LogP contribution is -2.50. The highest BCUT2D eigenvalue weighted by molar-refractivity contribution is 6.30. The van der Waals surface area contributed by atoms with Crippen molar-refractivity contribution in [1.29, 1.82) is 0 Å². The average molecular weight is 415 g/mol. The topological polar surface area (TPSA) is 49.4 Å². The van der Waals surface area contributed by atoms with E-state index < -0.39 is 6.04 Å². The molecule has 0 spiro atoms. The number of halogens is 1. The Morgan fingerprint density at radius 1 is 0.966 bits per heavy atom. The molecule has 0 heterocycles. The quantitative estimate of drug-likeness (QED) is 0.595. The molecule has 1 N–H and O–H groups in total. The maximum Gasteiger partial charge on any atom is 0.243 e. The van der Waals surface area contributed by atoms with E-state index in [9.17, 15) is 9.59 Å². The molecule has 0 aliphatic rings. The van der Waals surface area contributed by atoms with E-state index in [2.05, 4.69) is 5.32 Å². The van der Waals surface area contributed by atoms with Crippen LogP contribution in [0.1, 0.15) is 51.2 Å². The second-order valence-corrected chi connectivity index (χ2v) is 7.81. The molecule has 0 radical (unpaired) electrons. The van der Waals surface area contributed by atoms with Gasteiger partial charge in [-0.2, -0.15) is 0 Å². The van der Waals surface area contributed by atoms with Crippen LogP contribution in [-0.4, -0.2) is 28.8 Å². The van der Waals surface area contributed by atoms with Crippen LogP contribution in [-0.2, 0) is 22.6 Å². The molecule has 2 aromatic rings. The van der Waals surface area contributed by atoms with Crippen LogP contribution in [0, 0.1) is 0 Å². The zero-order chi connectivity index (χ0) is 21.2. The SMILES string of the molecule is CC[C@@H](C)NC(=O)[C@@H](CC)N(Cc1ccc(Cl)cc1)C(=O)CCc1ccccc1. The Morgan fingerprint density at radius 3 is 2.21 bits per heavy atom. The van der Waals surface area contributed by atoms with Crippen LogP contribution in [0.15, 0.2) is 54.6 Å². The predicted octanol–water partition coefficient (Wildman–Crippen LogP) is 4.99. The summed E-state index contributed by atoms with van der Waals surface area (Å²) in [7, 11) is 0. The third-order valence-electron chi connectivity index (χ3n) is 5.12. The van der Waals surface area contributed by atoms with Crippen molar-refractivity contribution in [2.75, 3.05) is 0 Å². The lowest BCUT2D eigenvalue weighted by molar-refractivity contribution is -0.141. The molecule has 0 bridgehead atoms. The molecule has 29 heavy (non-hydrogen) atoms. The van der Waals surface area contributed by atoms with Gasteiger partial charge in [-0.05, 0) is 49.4 Å². The van der Waals surface area contributed by atoms with Gasteiger partial charge in [0.15, 0.2) is 0 Å². The largest absolute Gasteiger partial charge is 0.352 e. The van der Waals surface area contributed by atoms with Crippen LogP contribution in [0.5, 0.6) is 0 Å². The molecule has 2 amide bonds. The number of hydrogen-bond acceptors (Lipinski definition) is 2. The number of nitrogens with one attached hydrogen (secondary N) is 1. The van der Waals surface area contributed by atoms with E-state index in [0.717, 1.165) is 17.5 Å². The second kappa shape index (κ2) is 11.6. The highest BCUT2D eigenvalue weighted by atomic mass is 35.5. The number of carbonyl (C=O) groups is 2. The zero-order valence-electron chi connectivity index (χ0n) is 17.5. The predicted molar refractivity (Wildman–Crippen MR) is 119 cm³/mol. The van der Waals surface area contributed by atoms with Gasteiger partial charge in [-0.3, -0.25) is 9.59 Å². The van der Waals surface area contributed by atoms with Gasteiger partial charge in [-0.15, -0.1) is 0 Å². The maximum absolute atomic E-state index is 13.2. The van der Waals surface area contributed by atoms with Gasteiger partial charge in [0.1, 0.15) is 6.04 Å². The van der Waals surface area contributed by atoms with Crippen LogP contribution in [0.3, 0.4) is 0 Å². The van der Waals surface area contributed by atoms with Crippen molar-refractivity contribution in [2.45, 2.75) is 65.1 Å². The normalized spacial score (nSPS) is 12.8. The summed E-state index contributed by atoms with van der Waals surface area (Å²) < 4.78 is 0. The Labute approximate surface area is 179 Å². The molecule has 5 heteroatoms. The molecule has 0 unspecified atom stereocenters. The van der Waals surface area contributed by atoms with Crippen molar-refractivity contribution in [2.24, 2.45) is 0 Å². The highest BCUT2D eigenvalue weighted by Crippen LogP contribution is 2.17. The first-order valence-electron chi connectivity index (χ1n) is 10.3. The van der Waals surface area contributed by atoms with Gasteiger partial charge in [0.2, 0.25) is 11.8 Å². The first-order valence-corrected chi connectivity index (χ1v) is 10.7. The van der Waals surface area contributed by atoms with Crippen LogP contribution < -0.4 is 5.32 Å². The van der Waals surface area contributed by atoms with Crippen molar-refractivity contribution in [3.05, 3.63) is 70.7 Å². The summed E-state index contributed by atoms with van der Waals surface area (Å²) in [6, 6.07) is 16.9. The Bertz CT molecular complexity index is 777. The fraction of sp³-hybridized carbons (Fsp3) is 0.417. The Morgan fingerprint density at radius 2 is 1.62 bits per heavy atom. The summed E-state index contributed by atoms with van der Waals surface area (Å²) in [5, 5.41) is 3.68. The first kappa shape index (κ1) is 23.0. The molecule has 0 saturated heterocycles. The lowest BCUT2D eigenvalue weighted by Gasteiger charge is -2.31. The molecule has 2 atom stereocenters. The molecule has 2 rings (SSSR count). The van der Waals surface area contributed by atoms with Crippen LogP contribution in [0.4, 0.5) is 0 Å². The summed E-state index contributed by atoms with van der Waals surface area (Å²) in [4.78, 5) is 27.8. The van der Waals surface area contributed by atoms with Crippen LogP contribution >= 0.6 is 11.6 Å². The third-order valence-corrected chi connectivity index (χ3v) is 5.38. The van der Waals surface area contributed by atoms with Gasteiger partial charge >= 0.3 is 0 Å². The summed E-state index contributed by atoms with van der Waals surface area (Å²) in [5.74, 6) is -0.112. The minimum atomic E-state index is -0.497. The minimum Gasteiger partial charge on any atom is -0.352 e. The number of carbonyl (C=O) groups excluding carboxylic acids is 2. The van der Waals surface area contributed by atoms with E-state index >= 15 is 0 Å². The number of rotatable bonds is 10. The Kier molecular flexibility index (Phi) is 9.20. The third kappa shape index (κ3) is 7.21. The fourth-order valence-electron chi connectivity index (χ4n) is 3.19. The molecule has 0 aliphatic carbocycles. The van der Waals surface area contributed by atoms with Crippen molar-refractivity contribution in [3.63, 3.8) is 0 Å². The van der Waals surface area contributed by atoms with Gasteiger partial charge in [0.05, 0.1) is 0 Å². The molecule has 0 saturated carbocycles. The molecule has 0 aliphatic heterocycles. The summed E-state index contributed by atoms with van der Waals surface area (Å²) in [6.45, 7) is 6.34. The van der Waals surface area contributed by atoms with Crippen molar-refractivity contribution < 1.29 is 9.59 Å². The number of nitrogens with zero attached hydrogens (tertiary/aromatic N) is 1. The van der Waals surface area contributed by atoms with Crippen LogP contribution in [0.25, 0.3) is 0 Å². The highest BCUT2D eigenvalue weighted by Gasteiger charge is 2.28. The van der Waals surface area contributed by atoms with E-state index in [1.54, 1.807) is 4.90 Å². The molecule has 0 aromatic heterocycles. The molecule has 156 valence electrons. The lowest BCUT2D eigenvalue weighted by atomic mass is 10.1. The van der Waals surface area contributed by atoms with E-state index in [0.29, 0.717) is 30.8 Å². The van der Waals surface area contributed by atoms with E-state index in [-0.39, 0.29) is 17.9 Å². The van der Waals surface area contributed by atoms with Crippen molar-refractivity contribution >= 4 is 23.4 Å². The summed E-state index contributed by atoms with van der Waals surface area (Å²) in [5.41, 5.74) is 2.07. The smallest absolute Gasteiger partial charge is 0.243 e. The first-order chi connectivity index (χ1) is 13.9. The Hall–Kier alpha value is -2.33. The molecule has 4 nitrogen and oxygen atoms in total. The van der Waals surface area contributed by atoms with Gasteiger partial charge in [-0.25, -0.2) is 0 Å². The van der Waals surface area contributed by atoms with E-state index in [4.69, 9.17) is 11.6 Å². The monoisotopic (exact) mass is 414 g/mol. The van der Waals surface area contributed by atoms with E-state index in [1.807, 2.05) is 75.4 Å². The van der Waals surface area contributed by atoms with Crippen LogP contribution in [0.2, 0.25) is 5.02 Å². The standard InChI is InChI=1S/C24H31ClN2O2/c1-4-18(3)26-24(29)22(5-2)27(17-20-11-14-21(25)15-12-20)23(28)16-13-19-9-7-6-8-10-19/h6-12,14-15,18,22H,4-5,13,16-17H2,1-3H3,(H,26,29)/t18-,22-/m1/s1. The molecule has 2 aromatic carbocycles. The van der Waals surface area contributed by atoms with E-state index in [1.165, 1.54) is 0 Å². The number of amides is 2. The van der Waals surface area contributed by atoms with Gasteiger partial charge in [0.25, 0.3) is 0 Å².